The van der Waals surface area contributed by atoms with Gasteiger partial charge in [-0.2, -0.15) is 0 Å². The lowest BCUT2D eigenvalue weighted by Crippen LogP contribution is -2.40. The minimum Gasteiger partial charge on any atom is -0.444 e. The smallest absolute Gasteiger partial charge is 0.411 e. The van der Waals surface area contributed by atoms with Gasteiger partial charge in [0.15, 0.2) is 0 Å². The molecule has 2 saturated heterocycles. The lowest BCUT2D eigenvalue weighted by Gasteiger charge is -2.30. The molecule has 2 fully saturated rings. The molecule has 2 aromatic carbocycles. The van der Waals surface area contributed by atoms with Crippen LogP contribution in [-0.2, 0) is 15.9 Å². The van der Waals surface area contributed by atoms with Crippen LogP contribution in [-0.4, -0.2) is 78.8 Å². The molecule has 0 bridgehead atoms. The van der Waals surface area contributed by atoms with Crippen LogP contribution in [0, 0.1) is 0 Å². The van der Waals surface area contributed by atoms with E-state index in [0.717, 1.165) is 78.4 Å². The average molecular weight is 708 g/mol. The summed E-state index contributed by atoms with van der Waals surface area (Å²) in [6.07, 6.45) is 7.67. The predicted octanol–water partition coefficient (Wildman–Crippen LogP) is 9.05. The predicted molar refractivity (Wildman–Crippen MR) is 203 cm³/mol. The number of anilines is 1. The molecule has 0 spiro atoms. The Bertz CT molecular complexity index is 1950. The lowest BCUT2D eigenvalue weighted by atomic mass is 9.93. The third-order valence-electron chi connectivity index (χ3n) is 10.5. The maximum absolute atomic E-state index is 13.2. The van der Waals surface area contributed by atoms with E-state index in [-0.39, 0.29) is 36.4 Å². The molecular formula is C41H53N7O4. The number of likely N-dealkylation sites (tertiary alicyclic amines) is 2. The average Bonchev–Trinajstić information content (AvgIpc) is 3.90. The summed E-state index contributed by atoms with van der Waals surface area (Å²) in [4.78, 5) is 49.0. The number of likely N-dealkylation sites (N-methyl/N-ethyl adjacent to an activating group) is 1. The fraction of sp³-hybridized carbons (Fsp3) is 0.512. The second kappa shape index (κ2) is 13.3. The Morgan fingerprint density at radius 1 is 0.769 bits per heavy atom. The third-order valence-corrected chi connectivity index (χ3v) is 10.5. The van der Waals surface area contributed by atoms with E-state index in [1.54, 1.807) is 0 Å². The van der Waals surface area contributed by atoms with E-state index in [0.29, 0.717) is 0 Å². The number of rotatable bonds is 5. The van der Waals surface area contributed by atoms with Crippen LogP contribution in [0.4, 0.5) is 15.3 Å². The molecule has 0 radical (unpaired) electrons. The first kappa shape index (κ1) is 35.6. The number of imidazole rings is 2. The van der Waals surface area contributed by atoms with E-state index in [9.17, 15) is 9.59 Å². The first-order valence-corrected chi connectivity index (χ1v) is 18.7. The summed E-state index contributed by atoms with van der Waals surface area (Å²) < 4.78 is 11.5. The van der Waals surface area contributed by atoms with E-state index in [1.807, 2.05) is 63.7 Å². The molecule has 7 rings (SSSR count). The van der Waals surface area contributed by atoms with Crippen molar-refractivity contribution in [2.45, 2.75) is 123 Å². The molecule has 276 valence electrons. The van der Waals surface area contributed by atoms with Crippen LogP contribution in [0.1, 0.15) is 110 Å². The zero-order chi connectivity index (χ0) is 37.1. The van der Waals surface area contributed by atoms with Gasteiger partial charge in [-0.3, -0.25) is 9.80 Å². The molecule has 0 aliphatic carbocycles. The van der Waals surface area contributed by atoms with Crippen molar-refractivity contribution in [2.75, 3.05) is 18.5 Å². The number of amides is 2. The maximum atomic E-state index is 13.2. The molecule has 2 aromatic heterocycles. The number of hydrogen-bond donors (Lipinski definition) is 2. The number of aromatic amines is 2. The molecular weight excluding hydrogens is 654 g/mol. The number of hydrogen-bond acceptors (Lipinski definition) is 7. The summed E-state index contributed by atoms with van der Waals surface area (Å²) >= 11 is 0. The van der Waals surface area contributed by atoms with Gasteiger partial charge in [-0.15, -0.1) is 0 Å². The van der Waals surface area contributed by atoms with Crippen molar-refractivity contribution in [3.63, 3.8) is 0 Å². The molecule has 3 aliphatic heterocycles. The Morgan fingerprint density at radius 2 is 1.33 bits per heavy atom. The second-order valence-electron chi connectivity index (χ2n) is 16.7. The normalized spacial score (nSPS) is 21.9. The fourth-order valence-corrected chi connectivity index (χ4v) is 8.07. The first-order valence-electron chi connectivity index (χ1n) is 18.7. The Hall–Kier alpha value is -4.80. The summed E-state index contributed by atoms with van der Waals surface area (Å²) in [5.74, 6) is 1.58. The van der Waals surface area contributed by atoms with E-state index in [4.69, 9.17) is 19.4 Å². The molecule has 4 aromatic rings. The Kier molecular flexibility index (Phi) is 9.11. The van der Waals surface area contributed by atoms with Gasteiger partial charge in [0.25, 0.3) is 0 Å². The number of benzene rings is 2. The molecule has 0 unspecified atom stereocenters. The highest BCUT2D eigenvalue weighted by Gasteiger charge is 2.41. The number of fused-ring (bicyclic) bond motifs is 1. The van der Waals surface area contributed by atoms with Gasteiger partial charge in [0, 0.05) is 48.7 Å². The number of nitrogens with zero attached hydrogens (tertiary/aromatic N) is 5. The quantitative estimate of drug-likeness (QED) is 0.212. The molecule has 3 aliphatic rings. The standard InChI is InChI=1S/C41H53N7O4/c1-24-10-18-33(47(24)38(49)51-40(3,4)5)36-42-22-31(44-36)27-14-12-26(13-15-27)28-16-17-30(35-29(28)20-21-46(35)9)32-23-43-37(45-32)34-19-11-25(2)48(34)39(50)52-41(6,7)8/h12-17,22-25,33-34H,10-11,18-21H2,1-9H3,(H,42,44)(H,43,45)/t24-,25-,33-,34-/m0/s1. The molecule has 11 nitrogen and oxygen atoms in total. The van der Waals surface area contributed by atoms with Gasteiger partial charge in [0.05, 0.1) is 29.7 Å². The van der Waals surface area contributed by atoms with Gasteiger partial charge < -0.3 is 24.3 Å². The van der Waals surface area contributed by atoms with E-state index < -0.39 is 11.2 Å². The SMILES string of the molecule is C[C@H]1CC[C@@H](c2nc(-c3ccc(-c4ccc(-c5cnc([C@@H]6CC[C@H](C)N6C(=O)OC(C)(C)C)[nH]5)c5c4CCN5C)cc3)c[nH]2)N1C(=O)OC(C)(C)C. The highest BCUT2D eigenvalue weighted by molar-refractivity contribution is 5.88. The topological polar surface area (TPSA) is 120 Å². The van der Waals surface area contributed by atoms with Crippen molar-refractivity contribution in [3.8, 4) is 33.6 Å². The fourth-order valence-electron chi connectivity index (χ4n) is 8.07. The molecule has 2 N–H and O–H groups in total. The summed E-state index contributed by atoms with van der Waals surface area (Å²) in [5, 5.41) is 0. The molecule has 5 heterocycles. The van der Waals surface area contributed by atoms with Crippen LogP contribution < -0.4 is 4.90 Å². The highest BCUT2D eigenvalue weighted by Crippen LogP contribution is 2.44. The van der Waals surface area contributed by atoms with E-state index in [1.165, 1.54) is 16.8 Å². The Labute approximate surface area is 307 Å². The van der Waals surface area contributed by atoms with Crippen LogP contribution in [0.15, 0.2) is 48.8 Å². The van der Waals surface area contributed by atoms with Crippen molar-refractivity contribution in [2.24, 2.45) is 0 Å². The van der Waals surface area contributed by atoms with Gasteiger partial charge in [-0.05, 0) is 104 Å². The number of carbonyl (C=O) groups excluding carboxylic acids is 2. The van der Waals surface area contributed by atoms with Gasteiger partial charge in [0.1, 0.15) is 22.9 Å². The minimum absolute atomic E-state index is 0.0789. The van der Waals surface area contributed by atoms with Crippen molar-refractivity contribution in [3.05, 3.63) is 66.0 Å². The van der Waals surface area contributed by atoms with E-state index >= 15 is 0 Å². The van der Waals surface area contributed by atoms with Crippen LogP contribution in [0.25, 0.3) is 33.6 Å². The second-order valence-corrected chi connectivity index (χ2v) is 16.7. The van der Waals surface area contributed by atoms with Gasteiger partial charge in [0.2, 0.25) is 0 Å². The lowest BCUT2D eigenvalue weighted by molar-refractivity contribution is 0.0141. The van der Waals surface area contributed by atoms with Crippen molar-refractivity contribution in [1.29, 1.82) is 0 Å². The van der Waals surface area contributed by atoms with Crippen LogP contribution in [0.3, 0.4) is 0 Å². The van der Waals surface area contributed by atoms with Crippen LogP contribution in [0.2, 0.25) is 0 Å². The zero-order valence-corrected chi connectivity index (χ0v) is 32.0. The monoisotopic (exact) mass is 707 g/mol. The molecule has 52 heavy (non-hydrogen) atoms. The minimum atomic E-state index is -0.561. The molecule has 11 heteroatoms. The molecule has 4 atom stereocenters. The number of ether oxygens (including phenoxy) is 2. The summed E-state index contributed by atoms with van der Waals surface area (Å²) in [5.41, 5.74) is 7.68. The number of nitrogens with one attached hydrogen (secondary N) is 2. The van der Waals surface area contributed by atoms with Gasteiger partial charge in [-0.25, -0.2) is 19.6 Å². The first-order chi connectivity index (χ1) is 24.6. The van der Waals surface area contributed by atoms with Crippen molar-refractivity contribution >= 4 is 17.9 Å². The third kappa shape index (κ3) is 6.89. The maximum Gasteiger partial charge on any atom is 0.411 e. The zero-order valence-electron chi connectivity index (χ0n) is 32.0. The number of aromatic nitrogens is 4. The van der Waals surface area contributed by atoms with Gasteiger partial charge in [-0.1, -0.05) is 36.4 Å². The van der Waals surface area contributed by atoms with Crippen molar-refractivity contribution < 1.29 is 19.1 Å². The molecule has 2 amide bonds. The van der Waals surface area contributed by atoms with Gasteiger partial charge >= 0.3 is 12.2 Å². The van der Waals surface area contributed by atoms with Crippen LogP contribution >= 0.6 is 0 Å². The van der Waals surface area contributed by atoms with Crippen LogP contribution in [0.5, 0.6) is 0 Å². The largest absolute Gasteiger partial charge is 0.444 e. The Morgan fingerprint density at radius 3 is 1.92 bits per heavy atom. The summed E-state index contributed by atoms with van der Waals surface area (Å²) in [7, 11) is 2.15. The summed E-state index contributed by atoms with van der Waals surface area (Å²) in [6.45, 7) is 16.5. The number of carbonyl (C=O) groups is 2. The Balaban J connectivity index is 1.11. The highest BCUT2D eigenvalue weighted by atomic mass is 16.6. The molecule has 0 saturated carbocycles. The van der Waals surface area contributed by atoms with Crippen molar-refractivity contribution in [1.82, 2.24) is 29.7 Å². The summed E-state index contributed by atoms with van der Waals surface area (Å²) in [6, 6.07) is 12.8. The van der Waals surface area contributed by atoms with E-state index in [2.05, 4.69) is 72.2 Å². The number of H-pyrrole nitrogens is 2.